The zero-order valence-electron chi connectivity index (χ0n) is 15.8. The second-order valence-electron chi connectivity index (χ2n) is 6.17. The first-order valence-corrected chi connectivity index (χ1v) is 9.14. The third kappa shape index (κ3) is 5.41. The molecule has 6 heteroatoms. The molecule has 0 fully saturated rings. The number of methoxy groups -OCH3 is 1. The van der Waals surface area contributed by atoms with Crippen molar-refractivity contribution in [3.8, 4) is 5.75 Å². The molecule has 0 aliphatic heterocycles. The van der Waals surface area contributed by atoms with Crippen molar-refractivity contribution < 1.29 is 4.74 Å². The number of benzene rings is 2. The van der Waals surface area contributed by atoms with Crippen molar-refractivity contribution in [1.29, 1.82) is 0 Å². The van der Waals surface area contributed by atoms with E-state index in [2.05, 4.69) is 50.5 Å². The third-order valence-corrected chi connectivity index (χ3v) is 4.30. The molecule has 140 valence electrons. The fourth-order valence-electron chi connectivity index (χ4n) is 2.83. The summed E-state index contributed by atoms with van der Waals surface area (Å²) < 4.78 is 5.26. The summed E-state index contributed by atoms with van der Waals surface area (Å²) >= 11 is 0. The van der Waals surface area contributed by atoms with Crippen molar-refractivity contribution in [1.82, 2.24) is 15.2 Å². The van der Waals surface area contributed by atoms with Crippen molar-refractivity contribution in [3.63, 3.8) is 0 Å². The Kier molecular flexibility index (Phi) is 6.57. The van der Waals surface area contributed by atoms with E-state index in [1.54, 1.807) is 13.3 Å². The Morgan fingerprint density at radius 3 is 2.63 bits per heavy atom. The van der Waals surface area contributed by atoms with Gasteiger partial charge in [-0.15, -0.1) is 5.10 Å². The Morgan fingerprint density at radius 1 is 1.04 bits per heavy atom. The van der Waals surface area contributed by atoms with Gasteiger partial charge in [-0.25, -0.2) is 0 Å². The number of aromatic nitrogens is 3. The molecule has 0 bridgehead atoms. The van der Waals surface area contributed by atoms with E-state index in [1.165, 1.54) is 11.1 Å². The highest BCUT2D eigenvalue weighted by Crippen LogP contribution is 2.15. The second kappa shape index (κ2) is 9.52. The molecule has 3 rings (SSSR count). The summed E-state index contributed by atoms with van der Waals surface area (Å²) in [4.78, 5) is 6.80. The molecule has 3 aromatic rings. The lowest BCUT2D eigenvalue weighted by atomic mass is 10.1. The highest BCUT2D eigenvalue weighted by atomic mass is 16.5. The van der Waals surface area contributed by atoms with Crippen molar-refractivity contribution in [2.75, 3.05) is 30.4 Å². The minimum Gasteiger partial charge on any atom is -0.497 e. The van der Waals surface area contributed by atoms with Gasteiger partial charge in [0.25, 0.3) is 0 Å². The molecule has 0 unspecified atom stereocenters. The summed E-state index contributed by atoms with van der Waals surface area (Å²) in [6.07, 6.45) is 2.56. The number of ether oxygens (including phenoxy) is 1. The fourth-order valence-corrected chi connectivity index (χ4v) is 2.83. The molecule has 2 aromatic carbocycles. The predicted molar refractivity (Wildman–Crippen MR) is 108 cm³/mol. The standard InChI is InChI=1S/C21H25N5O/c1-3-26(16-18-8-5-4-6-9-18)20-15-23-25-21(24-20)22-13-12-17-10-7-11-19(14-17)27-2/h4-11,14-15H,3,12-13,16H2,1-2H3,(H,22,24,25). The van der Waals surface area contributed by atoms with Crippen LogP contribution >= 0.6 is 0 Å². The van der Waals surface area contributed by atoms with E-state index in [-0.39, 0.29) is 0 Å². The summed E-state index contributed by atoms with van der Waals surface area (Å²) in [6, 6.07) is 18.4. The van der Waals surface area contributed by atoms with E-state index in [0.29, 0.717) is 5.95 Å². The van der Waals surface area contributed by atoms with Crippen LogP contribution in [-0.2, 0) is 13.0 Å². The Bertz CT molecular complexity index is 841. The number of nitrogens with one attached hydrogen (secondary N) is 1. The molecule has 0 saturated carbocycles. The maximum absolute atomic E-state index is 5.26. The summed E-state index contributed by atoms with van der Waals surface area (Å²) in [6.45, 7) is 4.47. The Hall–Kier alpha value is -3.15. The van der Waals surface area contributed by atoms with Crippen LogP contribution in [0.2, 0.25) is 0 Å². The highest BCUT2D eigenvalue weighted by Gasteiger charge is 2.09. The summed E-state index contributed by atoms with van der Waals surface area (Å²) in [7, 11) is 1.68. The third-order valence-electron chi connectivity index (χ3n) is 4.30. The van der Waals surface area contributed by atoms with Crippen LogP contribution in [-0.4, -0.2) is 35.4 Å². The van der Waals surface area contributed by atoms with Gasteiger partial charge in [-0.1, -0.05) is 42.5 Å². The number of rotatable bonds is 9. The lowest BCUT2D eigenvalue weighted by Gasteiger charge is -2.21. The average molecular weight is 363 g/mol. The van der Waals surface area contributed by atoms with E-state index >= 15 is 0 Å². The van der Waals surface area contributed by atoms with Gasteiger partial charge in [-0.2, -0.15) is 10.1 Å². The van der Waals surface area contributed by atoms with Gasteiger partial charge in [0.1, 0.15) is 5.75 Å². The van der Waals surface area contributed by atoms with E-state index < -0.39 is 0 Å². The molecule has 0 amide bonds. The Balaban J connectivity index is 1.60. The normalized spacial score (nSPS) is 10.4. The van der Waals surface area contributed by atoms with Crippen LogP contribution in [0.3, 0.4) is 0 Å². The number of anilines is 2. The number of hydrogen-bond donors (Lipinski definition) is 1. The Morgan fingerprint density at radius 2 is 1.85 bits per heavy atom. The van der Waals surface area contributed by atoms with Crippen molar-refractivity contribution in [3.05, 3.63) is 71.9 Å². The molecule has 0 aliphatic carbocycles. The summed E-state index contributed by atoms with van der Waals surface area (Å²) in [5, 5.41) is 11.5. The van der Waals surface area contributed by atoms with Crippen LogP contribution in [0.15, 0.2) is 60.8 Å². The highest BCUT2D eigenvalue weighted by molar-refractivity contribution is 5.41. The van der Waals surface area contributed by atoms with E-state index in [4.69, 9.17) is 4.74 Å². The van der Waals surface area contributed by atoms with Crippen LogP contribution < -0.4 is 15.0 Å². The zero-order chi connectivity index (χ0) is 18.9. The number of hydrogen-bond acceptors (Lipinski definition) is 6. The molecule has 0 radical (unpaired) electrons. The van der Waals surface area contributed by atoms with Gasteiger partial charge < -0.3 is 15.0 Å². The largest absolute Gasteiger partial charge is 0.497 e. The molecule has 27 heavy (non-hydrogen) atoms. The average Bonchev–Trinajstić information content (AvgIpc) is 2.73. The van der Waals surface area contributed by atoms with Gasteiger partial charge >= 0.3 is 0 Å². The maximum Gasteiger partial charge on any atom is 0.244 e. The molecular formula is C21H25N5O. The first-order chi connectivity index (χ1) is 13.3. The van der Waals surface area contributed by atoms with Crippen molar-refractivity contribution >= 4 is 11.8 Å². The van der Waals surface area contributed by atoms with Gasteiger partial charge in [-0.3, -0.25) is 0 Å². The summed E-state index contributed by atoms with van der Waals surface area (Å²) in [5.41, 5.74) is 2.44. The molecule has 0 saturated heterocycles. The molecule has 0 aliphatic rings. The summed E-state index contributed by atoms with van der Waals surface area (Å²) in [5.74, 6) is 2.23. The lowest BCUT2D eigenvalue weighted by Crippen LogP contribution is -2.24. The second-order valence-corrected chi connectivity index (χ2v) is 6.17. The van der Waals surface area contributed by atoms with Gasteiger partial charge in [0, 0.05) is 19.6 Å². The lowest BCUT2D eigenvalue weighted by molar-refractivity contribution is 0.414. The smallest absolute Gasteiger partial charge is 0.244 e. The van der Waals surface area contributed by atoms with Crippen LogP contribution in [0.1, 0.15) is 18.1 Å². The van der Waals surface area contributed by atoms with Crippen LogP contribution in [0.25, 0.3) is 0 Å². The van der Waals surface area contributed by atoms with Crippen LogP contribution in [0, 0.1) is 0 Å². The molecule has 1 aromatic heterocycles. The van der Waals surface area contributed by atoms with Gasteiger partial charge in [0.05, 0.1) is 13.3 Å². The zero-order valence-corrected chi connectivity index (χ0v) is 15.8. The van der Waals surface area contributed by atoms with Crippen molar-refractivity contribution in [2.24, 2.45) is 0 Å². The molecule has 0 spiro atoms. The SMILES string of the molecule is CCN(Cc1ccccc1)c1cnnc(NCCc2cccc(OC)c2)n1. The van der Waals surface area contributed by atoms with Crippen LogP contribution in [0.5, 0.6) is 5.75 Å². The minimum absolute atomic E-state index is 0.543. The molecule has 1 N–H and O–H groups in total. The fraction of sp³-hybridized carbons (Fsp3) is 0.286. The topological polar surface area (TPSA) is 63.2 Å². The first-order valence-electron chi connectivity index (χ1n) is 9.14. The molecule has 1 heterocycles. The molecule has 0 atom stereocenters. The molecular weight excluding hydrogens is 338 g/mol. The predicted octanol–water partition coefficient (Wildman–Crippen LogP) is 3.56. The Labute approximate surface area is 160 Å². The monoisotopic (exact) mass is 363 g/mol. The first kappa shape index (κ1) is 18.6. The van der Waals surface area contributed by atoms with Crippen molar-refractivity contribution in [2.45, 2.75) is 19.9 Å². The number of nitrogens with zero attached hydrogens (tertiary/aromatic N) is 4. The quantitative estimate of drug-likeness (QED) is 0.627. The minimum atomic E-state index is 0.543. The van der Waals surface area contributed by atoms with E-state index in [1.807, 2.05) is 36.4 Å². The van der Waals surface area contributed by atoms with Gasteiger partial charge in [0.15, 0.2) is 5.82 Å². The van der Waals surface area contributed by atoms with Crippen LogP contribution in [0.4, 0.5) is 11.8 Å². The van der Waals surface area contributed by atoms with Gasteiger partial charge in [0.2, 0.25) is 5.95 Å². The van der Waals surface area contributed by atoms with Gasteiger partial charge in [-0.05, 0) is 36.6 Å². The van der Waals surface area contributed by atoms with E-state index in [0.717, 1.165) is 37.6 Å². The molecule has 6 nitrogen and oxygen atoms in total. The van der Waals surface area contributed by atoms with E-state index in [9.17, 15) is 0 Å². The maximum atomic E-state index is 5.26.